The molecule has 0 saturated carbocycles. The molecule has 1 rings (SSSR count). The zero-order chi connectivity index (χ0) is 16.7. The Balaban J connectivity index is 2.66. The summed E-state index contributed by atoms with van der Waals surface area (Å²) >= 11 is 0. The summed E-state index contributed by atoms with van der Waals surface area (Å²) in [6.45, 7) is 7.18. The highest BCUT2D eigenvalue weighted by Gasteiger charge is 2.15. The van der Waals surface area contributed by atoms with E-state index in [1.54, 1.807) is 26.0 Å². The molecule has 0 aliphatic rings. The van der Waals surface area contributed by atoms with E-state index >= 15 is 0 Å². The maximum Gasteiger partial charge on any atom is 0.321 e. The monoisotopic (exact) mass is 306 g/mol. The average Bonchev–Trinajstić information content (AvgIpc) is 2.41. The molecule has 1 aromatic carbocycles. The van der Waals surface area contributed by atoms with Crippen molar-refractivity contribution in [2.24, 2.45) is 0 Å². The Labute approximate surface area is 129 Å². The first kappa shape index (κ1) is 17.5. The lowest BCUT2D eigenvalue weighted by Gasteiger charge is -2.16. The highest BCUT2D eigenvalue weighted by atomic mass is 16.2. The van der Waals surface area contributed by atoms with Crippen molar-refractivity contribution in [3.05, 3.63) is 23.8 Å². The van der Waals surface area contributed by atoms with E-state index in [2.05, 4.69) is 21.3 Å². The quantitative estimate of drug-likeness (QED) is 0.664. The van der Waals surface area contributed by atoms with Crippen molar-refractivity contribution in [2.75, 3.05) is 17.2 Å². The van der Waals surface area contributed by atoms with Gasteiger partial charge in [-0.05, 0) is 44.5 Å². The fraction of sp³-hybridized carbons (Fsp3) is 0.400. The van der Waals surface area contributed by atoms with Gasteiger partial charge in [-0.25, -0.2) is 4.79 Å². The molecule has 0 fully saturated rings. The number of aryl methyl sites for hydroxylation is 1. The molecule has 0 bridgehead atoms. The number of anilines is 2. The molecule has 0 radical (unpaired) electrons. The molecule has 0 saturated heterocycles. The van der Waals surface area contributed by atoms with Gasteiger partial charge in [-0.2, -0.15) is 0 Å². The van der Waals surface area contributed by atoms with Gasteiger partial charge >= 0.3 is 6.03 Å². The number of imide groups is 1. The van der Waals surface area contributed by atoms with Gasteiger partial charge in [0.2, 0.25) is 11.8 Å². The zero-order valence-corrected chi connectivity index (χ0v) is 13.2. The van der Waals surface area contributed by atoms with E-state index in [-0.39, 0.29) is 5.91 Å². The third-order valence-electron chi connectivity index (χ3n) is 2.89. The largest absolute Gasteiger partial charge is 0.374 e. The first-order valence-corrected chi connectivity index (χ1v) is 7.07. The molecule has 0 aromatic heterocycles. The maximum atomic E-state index is 11.8. The maximum absolute atomic E-state index is 11.8. The second kappa shape index (κ2) is 8.02. The number of amides is 4. The smallest absolute Gasteiger partial charge is 0.321 e. The van der Waals surface area contributed by atoms with Crippen LogP contribution in [0.4, 0.5) is 16.2 Å². The predicted octanol–water partition coefficient (Wildman–Crippen LogP) is 1.60. The minimum absolute atomic E-state index is 0.140. The number of hydrogen-bond donors (Lipinski definition) is 4. The summed E-state index contributed by atoms with van der Waals surface area (Å²) in [6, 6.07) is 4.25. The number of benzene rings is 1. The SMILES string of the molecule is CCNC(=O)NC(=O)[C@H](C)Nc1ccc(NC(C)=O)c(C)c1. The summed E-state index contributed by atoms with van der Waals surface area (Å²) in [4.78, 5) is 34.2. The molecule has 7 nitrogen and oxygen atoms in total. The first-order chi connectivity index (χ1) is 10.3. The lowest BCUT2D eigenvalue weighted by Crippen LogP contribution is -2.45. The minimum atomic E-state index is -0.575. The van der Waals surface area contributed by atoms with Crippen LogP contribution in [0.1, 0.15) is 26.3 Å². The molecule has 0 aliphatic carbocycles. The lowest BCUT2D eigenvalue weighted by molar-refractivity contribution is -0.120. The number of carbonyl (C=O) groups excluding carboxylic acids is 3. The Morgan fingerprint density at radius 3 is 2.45 bits per heavy atom. The molecule has 4 N–H and O–H groups in total. The van der Waals surface area contributed by atoms with E-state index in [4.69, 9.17) is 0 Å². The minimum Gasteiger partial charge on any atom is -0.374 e. The fourth-order valence-corrected chi connectivity index (χ4v) is 1.82. The molecular weight excluding hydrogens is 284 g/mol. The molecule has 4 amide bonds. The van der Waals surface area contributed by atoms with E-state index in [9.17, 15) is 14.4 Å². The molecular formula is C15H22N4O3. The van der Waals surface area contributed by atoms with Crippen LogP contribution in [0, 0.1) is 6.92 Å². The molecule has 120 valence electrons. The molecule has 1 aromatic rings. The Hall–Kier alpha value is -2.57. The van der Waals surface area contributed by atoms with Crippen LogP contribution in [-0.2, 0) is 9.59 Å². The summed E-state index contributed by atoms with van der Waals surface area (Å²) in [6.07, 6.45) is 0. The van der Waals surface area contributed by atoms with Crippen molar-refractivity contribution in [2.45, 2.75) is 33.7 Å². The van der Waals surface area contributed by atoms with Crippen LogP contribution in [-0.4, -0.2) is 30.4 Å². The van der Waals surface area contributed by atoms with E-state index in [0.717, 1.165) is 16.9 Å². The molecule has 0 unspecified atom stereocenters. The second-order valence-electron chi connectivity index (χ2n) is 4.93. The average molecular weight is 306 g/mol. The third kappa shape index (κ3) is 5.43. The van der Waals surface area contributed by atoms with Gasteiger partial charge in [0.1, 0.15) is 6.04 Å². The molecule has 22 heavy (non-hydrogen) atoms. The Kier molecular flexibility index (Phi) is 6.37. The Morgan fingerprint density at radius 2 is 1.91 bits per heavy atom. The van der Waals surface area contributed by atoms with Crippen molar-refractivity contribution < 1.29 is 14.4 Å². The van der Waals surface area contributed by atoms with E-state index < -0.39 is 18.0 Å². The Morgan fingerprint density at radius 1 is 1.23 bits per heavy atom. The van der Waals surface area contributed by atoms with Crippen molar-refractivity contribution in [3.8, 4) is 0 Å². The zero-order valence-electron chi connectivity index (χ0n) is 13.2. The van der Waals surface area contributed by atoms with Gasteiger partial charge in [-0.1, -0.05) is 0 Å². The number of carbonyl (C=O) groups is 3. The van der Waals surface area contributed by atoms with Crippen LogP contribution >= 0.6 is 0 Å². The van der Waals surface area contributed by atoms with Gasteiger partial charge in [0.15, 0.2) is 0 Å². The van der Waals surface area contributed by atoms with E-state index in [0.29, 0.717) is 6.54 Å². The van der Waals surface area contributed by atoms with Crippen LogP contribution in [0.3, 0.4) is 0 Å². The number of hydrogen-bond acceptors (Lipinski definition) is 4. The van der Waals surface area contributed by atoms with Crippen LogP contribution < -0.4 is 21.3 Å². The van der Waals surface area contributed by atoms with Crippen molar-refractivity contribution in [3.63, 3.8) is 0 Å². The van der Waals surface area contributed by atoms with Crippen molar-refractivity contribution in [1.82, 2.24) is 10.6 Å². The highest BCUT2D eigenvalue weighted by Crippen LogP contribution is 2.20. The normalized spacial score (nSPS) is 11.3. The van der Waals surface area contributed by atoms with Crippen LogP contribution in [0.2, 0.25) is 0 Å². The van der Waals surface area contributed by atoms with Gasteiger partial charge in [0, 0.05) is 24.8 Å². The van der Waals surface area contributed by atoms with Gasteiger partial charge < -0.3 is 16.0 Å². The summed E-state index contributed by atoms with van der Waals surface area (Å²) in [5.74, 6) is -0.562. The molecule has 0 heterocycles. The van der Waals surface area contributed by atoms with Crippen LogP contribution in [0.5, 0.6) is 0 Å². The van der Waals surface area contributed by atoms with Crippen molar-refractivity contribution in [1.29, 1.82) is 0 Å². The Bertz CT molecular complexity index is 572. The lowest BCUT2D eigenvalue weighted by atomic mass is 10.1. The molecule has 7 heteroatoms. The molecule has 0 aliphatic heterocycles. The predicted molar refractivity (Wildman–Crippen MR) is 85.8 cm³/mol. The number of rotatable bonds is 5. The van der Waals surface area contributed by atoms with Crippen LogP contribution in [0.25, 0.3) is 0 Å². The van der Waals surface area contributed by atoms with Crippen LogP contribution in [0.15, 0.2) is 18.2 Å². The summed E-state index contributed by atoms with van der Waals surface area (Å²) in [5, 5.41) is 10.5. The molecule has 0 spiro atoms. The number of nitrogens with one attached hydrogen (secondary N) is 4. The fourth-order valence-electron chi connectivity index (χ4n) is 1.82. The summed E-state index contributed by atoms with van der Waals surface area (Å²) < 4.78 is 0. The molecule has 1 atom stereocenters. The van der Waals surface area contributed by atoms with Crippen molar-refractivity contribution >= 4 is 29.2 Å². The highest BCUT2D eigenvalue weighted by molar-refractivity contribution is 5.98. The van der Waals surface area contributed by atoms with Gasteiger partial charge in [-0.15, -0.1) is 0 Å². The standard InChI is InChI=1S/C15H22N4O3/c1-5-16-15(22)19-14(21)10(3)17-12-6-7-13(9(2)8-12)18-11(4)20/h6-8,10,17H,5H2,1-4H3,(H,18,20)(H2,16,19,21,22)/t10-/m0/s1. The topological polar surface area (TPSA) is 99.3 Å². The van der Waals surface area contributed by atoms with Gasteiger partial charge in [0.05, 0.1) is 0 Å². The second-order valence-corrected chi connectivity index (χ2v) is 4.93. The van der Waals surface area contributed by atoms with Gasteiger partial charge in [0.25, 0.3) is 0 Å². The van der Waals surface area contributed by atoms with Gasteiger partial charge in [-0.3, -0.25) is 14.9 Å². The third-order valence-corrected chi connectivity index (χ3v) is 2.89. The van der Waals surface area contributed by atoms with E-state index in [1.807, 2.05) is 13.0 Å². The summed E-state index contributed by atoms with van der Waals surface area (Å²) in [7, 11) is 0. The van der Waals surface area contributed by atoms with E-state index in [1.165, 1.54) is 6.92 Å². The number of urea groups is 1. The first-order valence-electron chi connectivity index (χ1n) is 7.07. The summed E-state index contributed by atoms with van der Waals surface area (Å²) in [5.41, 5.74) is 2.32.